The van der Waals surface area contributed by atoms with Gasteiger partial charge in [0, 0.05) is 43.3 Å². The van der Waals surface area contributed by atoms with Crippen molar-refractivity contribution in [1.29, 1.82) is 0 Å². The molecular formula is C26H34N6O3. The number of carbonyl (C=O) groups is 2. The lowest BCUT2D eigenvalue weighted by molar-refractivity contribution is -0.134. The molecule has 2 aliphatic heterocycles. The summed E-state index contributed by atoms with van der Waals surface area (Å²) in [6.07, 6.45) is 3.72. The molecule has 3 N–H and O–H groups in total. The number of aliphatic hydroxyl groups is 1. The molecule has 5 rings (SSSR count). The van der Waals surface area contributed by atoms with Crippen LogP contribution in [0.3, 0.4) is 0 Å². The molecule has 0 saturated carbocycles. The average molecular weight is 479 g/mol. The molecular weight excluding hydrogens is 444 g/mol. The summed E-state index contributed by atoms with van der Waals surface area (Å²) < 4.78 is 0. The summed E-state index contributed by atoms with van der Waals surface area (Å²) in [6.45, 7) is 5.68. The van der Waals surface area contributed by atoms with Crippen molar-refractivity contribution in [3.8, 4) is 0 Å². The molecule has 1 aliphatic carbocycles. The predicted octanol–water partition coefficient (Wildman–Crippen LogP) is 1.64. The van der Waals surface area contributed by atoms with Gasteiger partial charge in [0.25, 0.3) is 0 Å². The zero-order chi connectivity index (χ0) is 24.7. The number of likely N-dealkylation sites (N-methyl/N-ethyl adjacent to an activating group) is 1. The Morgan fingerprint density at radius 2 is 1.80 bits per heavy atom. The number of hydrogen-bond acceptors (Lipinski definition) is 7. The quantitative estimate of drug-likeness (QED) is 0.671. The van der Waals surface area contributed by atoms with Crippen LogP contribution in [0.25, 0.3) is 0 Å². The van der Waals surface area contributed by atoms with E-state index in [9.17, 15) is 14.7 Å². The molecule has 186 valence electrons. The van der Waals surface area contributed by atoms with Gasteiger partial charge in [0.15, 0.2) is 0 Å². The van der Waals surface area contributed by atoms with Crippen molar-refractivity contribution in [3.05, 3.63) is 53.0 Å². The second-order valence-electron chi connectivity index (χ2n) is 10.1. The van der Waals surface area contributed by atoms with Gasteiger partial charge in [0.1, 0.15) is 12.1 Å². The SMILES string of the molecule is C[C@@H]1C[C@@H](O)c2ncnc(N3CCN(C(=O)[C@@H](c4ccc(C(N)=O)cc4)C4CCCN4C)CC3)c21. The molecule has 2 fully saturated rings. The molecule has 4 atom stereocenters. The van der Waals surface area contributed by atoms with Gasteiger partial charge in [-0.05, 0) is 56.5 Å². The van der Waals surface area contributed by atoms with Crippen LogP contribution in [0.1, 0.15) is 71.3 Å². The number of carbonyl (C=O) groups excluding carboxylic acids is 2. The number of hydrogen-bond donors (Lipinski definition) is 2. The van der Waals surface area contributed by atoms with Crippen molar-refractivity contribution < 1.29 is 14.7 Å². The molecule has 3 heterocycles. The molecule has 3 aliphatic rings. The van der Waals surface area contributed by atoms with Gasteiger partial charge < -0.3 is 25.5 Å². The number of aromatic nitrogens is 2. The Bertz CT molecular complexity index is 1100. The number of piperazine rings is 1. The highest BCUT2D eigenvalue weighted by Gasteiger charge is 2.39. The Labute approximate surface area is 205 Å². The molecule has 1 unspecified atom stereocenters. The number of nitrogens with two attached hydrogens (primary N) is 1. The van der Waals surface area contributed by atoms with E-state index in [0.29, 0.717) is 38.2 Å². The van der Waals surface area contributed by atoms with E-state index in [1.807, 2.05) is 17.0 Å². The zero-order valence-corrected chi connectivity index (χ0v) is 20.4. The fourth-order valence-corrected chi connectivity index (χ4v) is 6.03. The van der Waals surface area contributed by atoms with Crippen LogP contribution in [0.4, 0.5) is 5.82 Å². The molecule has 2 saturated heterocycles. The summed E-state index contributed by atoms with van der Waals surface area (Å²) >= 11 is 0. The third kappa shape index (κ3) is 4.38. The largest absolute Gasteiger partial charge is 0.387 e. The van der Waals surface area contributed by atoms with E-state index in [2.05, 4.69) is 33.7 Å². The highest BCUT2D eigenvalue weighted by Crippen LogP contribution is 2.43. The Balaban J connectivity index is 1.34. The molecule has 35 heavy (non-hydrogen) atoms. The minimum atomic E-state index is -0.533. The van der Waals surface area contributed by atoms with Gasteiger partial charge in [-0.15, -0.1) is 0 Å². The first kappa shape index (κ1) is 23.7. The van der Waals surface area contributed by atoms with Crippen molar-refractivity contribution in [2.24, 2.45) is 5.73 Å². The summed E-state index contributed by atoms with van der Waals surface area (Å²) in [5.74, 6) is 0.481. The predicted molar refractivity (Wildman–Crippen MR) is 132 cm³/mol. The van der Waals surface area contributed by atoms with Crippen molar-refractivity contribution in [3.63, 3.8) is 0 Å². The van der Waals surface area contributed by atoms with Gasteiger partial charge in [-0.25, -0.2) is 9.97 Å². The number of fused-ring (bicyclic) bond motifs is 1. The number of primary amides is 1. The van der Waals surface area contributed by atoms with Crippen molar-refractivity contribution in [2.45, 2.75) is 50.2 Å². The van der Waals surface area contributed by atoms with Crippen LogP contribution >= 0.6 is 0 Å². The van der Waals surface area contributed by atoms with Crippen LogP contribution in [0.15, 0.2) is 30.6 Å². The Hall–Kier alpha value is -3.04. The number of likely N-dealkylation sites (tertiary alicyclic amines) is 1. The lowest BCUT2D eigenvalue weighted by Gasteiger charge is -2.39. The smallest absolute Gasteiger partial charge is 0.248 e. The van der Waals surface area contributed by atoms with Crippen LogP contribution in [0.2, 0.25) is 0 Å². The highest BCUT2D eigenvalue weighted by atomic mass is 16.3. The number of aliphatic hydroxyl groups excluding tert-OH is 1. The van der Waals surface area contributed by atoms with Crippen molar-refractivity contribution in [1.82, 2.24) is 19.8 Å². The van der Waals surface area contributed by atoms with Gasteiger partial charge >= 0.3 is 0 Å². The van der Waals surface area contributed by atoms with Crippen molar-refractivity contribution in [2.75, 3.05) is 44.7 Å². The maximum Gasteiger partial charge on any atom is 0.248 e. The van der Waals surface area contributed by atoms with Crippen LogP contribution in [-0.4, -0.2) is 82.5 Å². The fourth-order valence-electron chi connectivity index (χ4n) is 6.03. The van der Waals surface area contributed by atoms with Crippen molar-refractivity contribution >= 4 is 17.6 Å². The Morgan fingerprint density at radius 3 is 2.43 bits per heavy atom. The Kier molecular flexibility index (Phi) is 6.46. The minimum absolute atomic E-state index is 0.131. The highest BCUT2D eigenvalue weighted by molar-refractivity contribution is 5.93. The maximum absolute atomic E-state index is 13.9. The number of amides is 2. The van der Waals surface area contributed by atoms with Gasteiger partial charge in [-0.3, -0.25) is 9.59 Å². The molecule has 9 heteroatoms. The lowest BCUT2D eigenvalue weighted by Crippen LogP contribution is -2.52. The second kappa shape index (κ2) is 9.54. The number of rotatable bonds is 5. The summed E-state index contributed by atoms with van der Waals surface area (Å²) in [7, 11) is 2.08. The first-order chi connectivity index (χ1) is 16.8. The Morgan fingerprint density at radius 1 is 1.09 bits per heavy atom. The number of benzene rings is 1. The molecule has 0 bridgehead atoms. The van der Waals surface area contributed by atoms with Crippen LogP contribution < -0.4 is 10.6 Å². The minimum Gasteiger partial charge on any atom is -0.387 e. The van der Waals surface area contributed by atoms with E-state index >= 15 is 0 Å². The standard InChI is InChI=1S/C26H34N6O3/c1-16-14-20(33)23-21(16)25(29-15-28-23)31-10-12-32(13-11-31)26(35)22(19-4-3-9-30(19)2)17-5-7-18(8-6-17)24(27)34/h5-8,15-16,19-20,22,33H,3-4,9-14H2,1-2H3,(H2,27,34)/t16-,19?,20-,22+/m1/s1. The van der Waals surface area contributed by atoms with Crippen LogP contribution in [0, 0.1) is 0 Å². The van der Waals surface area contributed by atoms with Crippen LogP contribution in [-0.2, 0) is 4.79 Å². The second-order valence-corrected chi connectivity index (χ2v) is 10.1. The third-order valence-electron chi connectivity index (χ3n) is 7.95. The molecule has 1 aromatic heterocycles. The molecule has 1 aromatic carbocycles. The van der Waals surface area contributed by atoms with E-state index in [1.165, 1.54) is 6.33 Å². The first-order valence-electron chi connectivity index (χ1n) is 12.5. The lowest BCUT2D eigenvalue weighted by atomic mass is 9.87. The number of nitrogens with zero attached hydrogens (tertiary/aromatic N) is 5. The van der Waals surface area contributed by atoms with E-state index in [1.54, 1.807) is 12.1 Å². The maximum atomic E-state index is 13.9. The zero-order valence-electron chi connectivity index (χ0n) is 20.4. The third-order valence-corrected chi connectivity index (χ3v) is 7.95. The summed E-state index contributed by atoms with van der Waals surface area (Å²) in [6, 6.07) is 7.32. The topological polar surface area (TPSA) is 116 Å². The molecule has 2 aromatic rings. The molecule has 0 radical (unpaired) electrons. The fraction of sp³-hybridized carbons (Fsp3) is 0.538. The van der Waals surface area contributed by atoms with Gasteiger partial charge in [-0.2, -0.15) is 0 Å². The molecule has 2 amide bonds. The molecule has 0 spiro atoms. The van der Waals surface area contributed by atoms with E-state index in [0.717, 1.165) is 42.0 Å². The summed E-state index contributed by atoms with van der Waals surface area (Å²) in [5, 5.41) is 10.3. The average Bonchev–Trinajstić information content (AvgIpc) is 3.41. The van der Waals surface area contributed by atoms with Crippen LogP contribution in [0.5, 0.6) is 0 Å². The molecule has 9 nitrogen and oxygen atoms in total. The van der Waals surface area contributed by atoms with E-state index in [-0.39, 0.29) is 23.8 Å². The number of anilines is 1. The first-order valence-corrected chi connectivity index (χ1v) is 12.5. The van der Waals surface area contributed by atoms with Gasteiger partial charge in [0.2, 0.25) is 11.8 Å². The van der Waals surface area contributed by atoms with E-state index < -0.39 is 12.0 Å². The summed E-state index contributed by atoms with van der Waals surface area (Å²) in [4.78, 5) is 40.8. The monoisotopic (exact) mass is 478 g/mol. The summed E-state index contributed by atoms with van der Waals surface area (Å²) in [5.41, 5.74) is 8.58. The van der Waals surface area contributed by atoms with E-state index in [4.69, 9.17) is 5.73 Å². The van der Waals surface area contributed by atoms with Gasteiger partial charge in [0.05, 0.1) is 17.7 Å². The normalized spacial score (nSPS) is 25.5. The van der Waals surface area contributed by atoms with Gasteiger partial charge in [-0.1, -0.05) is 19.1 Å².